The van der Waals surface area contributed by atoms with E-state index in [1.807, 2.05) is 25.1 Å². The molecule has 0 unspecified atom stereocenters. The van der Waals surface area contributed by atoms with Gasteiger partial charge in [0.25, 0.3) is 5.56 Å². The minimum absolute atomic E-state index is 0.0180. The van der Waals surface area contributed by atoms with Gasteiger partial charge in [-0.15, -0.1) is 0 Å². The Kier molecular flexibility index (Phi) is 4.36. The van der Waals surface area contributed by atoms with Gasteiger partial charge in [-0.05, 0) is 53.3 Å². The molecular formula is C14H13IN2O2. The fourth-order valence-electron chi connectivity index (χ4n) is 1.62. The highest BCUT2D eigenvalue weighted by Gasteiger charge is 2.05. The summed E-state index contributed by atoms with van der Waals surface area (Å²) in [6.45, 7) is 2.03. The second kappa shape index (κ2) is 6.01. The molecule has 0 fully saturated rings. The fraction of sp³-hybridized carbons (Fsp3) is 0.143. The molecule has 0 bridgehead atoms. The Bertz CT molecular complexity index is 664. The van der Waals surface area contributed by atoms with E-state index < -0.39 is 0 Å². The number of halogens is 1. The van der Waals surface area contributed by atoms with Crippen LogP contribution in [0.2, 0.25) is 0 Å². The largest absolute Gasteiger partial charge is 0.325 e. The summed E-state index contributed by atoms with van der Waals surface area (Å²) in [6.07, 6.45) is 1.60. The van der Waals surface area contributed by atoms with Gasteiger partial charge in [-0.25, -0.2) is 0 Å². The van der Waals surface area contributed by atoms with Gasteiger partial charge in [-0.2, -0.15) is 0 Å². The number of hydrogen-bond donors (Lipinski definition) is 1. The van der Waals surface area contributed by atoms with Crippen molar-refractivity contribution in [2.45, 2.75) is 13.5 Å². The Morgan fingerprint density at radius 1 is 1.32 bits per heavy atom. The molecule has 19 heavy (non-hydrogen) atoms. The molecular weight excluding hydrogens is 355 g/mol. The van der Waals surface area contributed by atoms with E-state index in [1.165, 1.54) is 10.6 Å². The van der Waals surface area contributed by atoms with Gasteiger partial charge in [0.05, 0.1) is 0 Å². The fourth-order valence-corrected chi connectivity index (χ4v) is 2.13. The van der Waals surface area contributed by atoms with Crippen LogP contribution in [-0.4, -0.2) is 10.5 Å². The van der Waals surface area contributed by atoms with Crippen molar-refractivity contribution in [3.05, 3.63) is 62.1 Å². The third kappa shape index (κ3) is 3.66. The van der Waals surface area contributed by atoms with Gasteiger partial charge >= 0.3 is 0 Å². The quantitative estimate of drug-likeness (QED) is 0.846. The van der Waals surface area contributed by atoms with Crippen molar-refractivity contribution < 1.29 is 4.79 Å². The van der Waals surface area contributed by atoms with Crippen LogP contribution in [0.5, 0.6) is 0 Å². The van der Waals surface area contributed by atoms with E-state index in [0.717, 1.165) is 14.8 Å². The van der Waals surface area contributed by atoms with Gasteiger partial charge in [-0.3, -0.25) is 9.59 Å². The summed E-state index contributed by atoms with van der Waals surface area (Å²) in [5.74, 6) is -0.215. The smallest absolute Gasteiger partial charge is 0.250 e. The Labute approximate surface area is 124 Å². The molecule has 0 spiro atoms. The van der Waals surface area contributed by atoms with E-state index in [4.69, 9.17) is 0 Å². The zero-order valence-electron chi connectivity index (χ0n) is 10.4. The van der Waals surface area contributed by atoms with Crippen LogP contribution in [0.1, 0.15) is 5.56 Å². The van der Waals surface area contributed by atoms with Crippen molar-refractivity contribution in [3.8, 4) is 0 Å². The molecule has 2 aromatic rings. The number of carbonyl (C=O) groups excluding carboxylic acids is 1. The molecule has 1 amide bonds. The molecule has 1 aromatic carbocycles. The van der Waals surface area contributed by atoms with Gasteiger partial charge in [0.2, 0.25) is 5.91 Å². The molecule has 98 valence electrons. The number of aryl methyl sites for hydroxylation is 1. The van der Waals surface area contributed by atoms with Crippen LogP contribution in [-0.2, 0) is 11.3 Å². The summed E-state index contributed by atoms with van der Waals surface area (Å²) in [5, 5.41) is 2.78. The van der Waals surface area contributed by atoms with E-state index >= 15 is 0 Å². The number of aromatic nitrogens is 1. The number of amides is 1. The van der Waals surface area contributed by atoms with E-state index in [-0.39, 0.29) is 18.0 Å². The van der Waals surface area contributed by atoms with Crippen LogP contribution in [0.3, 0.4) is 0 Å². The van der Waals surface area contributed by atoms with Crippen LogP contribution in [0.4, 0.5) is 5.69 Å². The summed E-state index contributed by atoms with van der Waals surface area (Å²) < 4.78 is 2.46. The number of carbonyl (C=O) groups is 1. The minimum atomic E-state index is -0.215. The number of rotatable bonds is 3. The highest BCUT2D eigenvalue weighted by Crippen LogP contribution is 2.16. The summed E-state index contributed by atoms with van der Waals surface area (Å²) in [7, 11) is 0. The molecule has 4 nitrogen and oxygen atoms in total. The summed E-state index contributed by atoms with van der Waals surface area (Å²) >= 11 is 2.22. The molecule has 0 atom stereocenters. The van der Waals surface area contributed by atoms with Crippen molar-refractivity contribution in [1.29, 1.82) is 0 Å². The molecule has 1 heterocycles. The Balaban J connectivity index is 2.08. The van der Waals surface area contributed by atoms with E-state index in [2.05, 4.69) is 27.9 Å². The van der Waals surface area contributed by atoms with Gasteiger partial charge in [0, 0.05) is 21.5 Å². The van der Waals surface area contributed by atoms with Crippen LogP contribution < -0.4 is 10.9 Å². The maximum absolute atomic E-state index is 11.9. The molecule has 0 aliphatic heterocycles. The molecule has 0 aliphatic rings. The molecule has 0 radical (unpaired) electrons. The summed E-state index contributed by atoms with van der Waals surface area (Å²) in [6, 6.07) is 10.5. The van der Waals surface area contributed by atoms with Crippen molar-refractivity contribution in [1.82, 2.24) is 4.57 Å². The standard InChI is InChI=1S/C14H13IN2O2/c1-10-5-6-11(8-12(10)15)16-13(18)9-17-7-3-2-4-14(17)19/h2-8H,9H2,1H3,(H,16,18). The van der Waals surface area contributed by atoms with Gasteiger partial charge in [-0.1, -0.05) is 12.1 Å². The van der Waals surface area contributed by atoms with Crippen molar-refractivity contribution >= 4 is 34.2 Å². The highest BCUT2D eigenvalue weighted by atomic mass is 127. The van der Waals surface area contributed by atoms with E-state index in [1.54, 1.807) is 18.3 Å². The second-order valence-corrected chi connectivity index (χ2v) is 5.34. The third-order valence-electron chi connectivity index (χ3n) is 2.67. The Morgan fingerprint density at radius 3 is 2.79 bits per heavy atom. The molecule has 1 aromatic heterocycles. The SMILES string of the molecule is Cc1ccc(NC(=O)Cn2ccccc2=O)cc1I. The van der Waals surface area contributed by atoms with Crippen LogP contribution in [0, 0.1) is 10.5 Å². The minimum Gasteiger partial charge on any atom is -0.325 e. The van der Waals surface area contributed by atoms with E-state index in [9.17, 15) is 9.59 Å². The highest BCUT2D eigenvalue weighted by molar-refractivity contribution is 14.1. The number of benzene rings is 1. The maximum Gasteiger partial charge on any atom is 0.250 e. The van der Waals surface area contributed by atoms with Crippen molar-refractivity contribution in [3.63, 3.8) is 0 Å². The topological polar surface area (TPSA) is 51.1 Å². The van der Waals surface area contributed by atoms with Crippen LogP contribution >= 0.6 is 22.6 Å². The number of nitrogens with one attached hydrogen (secondary N) is 1. The monoisotopic (exact) mass is 368 g/mol. The average molecular weight is 368 g/mol. The van der Waals surface area contributed by atoms with Crippen LogP contribution in [0.15, 0.2) is 47.4 Å². The van der Waals surface area contributed by atoms with Gasteiger partial charge < -0.3 is 9.88 Å². The zero-order valence-corrected chi connectivity index (χ0v) is 12.5. The Morgan fingerprint density at radius 2 is 2.11 bits per heavy atom. The maximum atomic E-state index is 11.9. The second-order valence-electron chi connectivity index (χ2n) is 4.18. The van der Waals surface area contributed by atoms with Crippen molar-refractivity contribution in [2.75, 3.05) is 5.32 Å². The average Bonchev–Trinajstić information content (AvgIpc) is 2.37. The van der Waals surface area contributed by atoms with E-state index in [0.29, 0.717) is 0 Å². The predicted molar refractivity (Wildman–Crippen MR) is 83.2 cm³/mol. The molecule has 0 saturated heterocycles. The molecule has 1 N–H and O–H groups in total. The molecule has 0 aliphatic carbocycles. The first-order chi connectivity index (χ1) is 9.06. The van der Waals surface area contributed by atoms with Crippen molar-refractivity contribution in [2.24, 2.45) is 0 Å². The first kappa shape index (κ1) is 13.8. The first-order valence-electron chi connectivity index (χ1n) is 5.78. The molecule has 0 saturated carbocycles. The Hall–Kier alpha value is -1.63. The number of pyridine rings is 1. The zero-order chi connectivity index (χ0) is 13.8. The number of anilines is 1. The van der Waals surface area contributed by atoms with Gasteiger partial charge in [0.15, 0.2) is 0 Å². The lowest BCUT2D eigenvalue weighted by Crippen LogP contribution is -2.26. The van der Waals surface area contributed by atoms with Gasteiger partial charge in [0.1, 0.15) is 6.54 Å². The lowest BCUT2D eigenvalue weighted by Gasteiger charge is -2.08. The molecule has 2 rings (SSSR count). The normalized spacial score (nSPS) is 10.2. The summed E-state index contributed by atoms with van der Waals surface area (Å²) in [4.78, 5) is 23.3. The predicted octanol–water partition coefficient (Wildman–Crippen LogP) is 2.40. The first-order valence-corrected chi connectivity index (χ1v) is 6.85. The third-order valence-corrected chi connectivity index (χ3v) is 3.83. The number of nitrogens with zero attached hydrogens (tertiary/aromatic N) is 1. The lowest BCUT2D eigenvalue weighted by molar-refractivity contribution is -0.116. The molecule has 5 heteroatoms. The summed E-state index contributed by atoms with van der Waals surface area (Å²) in [5.41, 5.74) is 1.72. The number of hydrogen-bond acceptors (Lipinski definition) is 2. The van der Waals surface area contributed by atoms with Crippen LogP contribution in [0.25, 0.3) is 0 Å². The lowest BCUT2D eigenvalue weighted by atomic mass is 10.2.